The molecule has 15 nitrogen and oxygen atoms in total. The third-order valence-corrected chi connectivity index (χ3v) is 9.30. The molecule has 48 heavy (non-hydrogen) atoms. The summed E-state index contributed by atoms with van der Waals surface area (Å²) in [5.41, 5.74) is 8.25. The van der Waals surface area contributed by atoms with E-state index >= 15 is 0 Å². The first-order valence-corrected chi connectivity index (χ1v) is 15.7. The van der Waals surface area contributed by atoms with E-state index in [4.69, 9.17) is 43.4 Å². The van der Waals surface area contributed by atoms with Crippen molar-refractivity contribution >= 4 is 0 Å². The van der Waals surface area contributed by atoms with E-state index in [1.165, 1.54) is 0 Å². The van der Waals surface area contributed by atoms with Crippen LogP contribution in [0, 0.1) is 206 Å². The van der Waals surface area contributed by atoms with Gasteiger partial charge < -0.3 is 58.3 Å². The summed E-state index contributed by atoms with van der Waals surface area (Å²) in [6, 6.07) is 0. The summed E-state index contributed by atoms with van der Waals surface area (Å²) in [7, 11) is 0. The first-order valence-electron chi connectivity index (χ1n) is 15.7. The maximum Gasteiger partial charge on any atom is 0.161 e. The van der Waals surface area contributed by atoms with Gasteiger partial charge in [-0.3, -0.25) is 0 Å². The van der Waals surface area contributed by atoms with Crippen LogP contribution >= 0.6 is 0 Å². The summed E-state index contributed by atoms with van der Waals surface area (Å²) in [5.74, 6) is -0.818. The Balaban J connectivity index is 0. The molecule has 3 fully saturated rings. The zero-order valence-corrected chi connectivity index (χ0v) is 48.0. The molecule has 4 N–H and O–H groups in total. The van der Waals surface area contributed by atoms with Crippen molar-refractivity contribution < 1.29 is 235 Å². The number of aliphatic hydroxyl groups is 4. The van der Waals surface area contributed by atoms with Gasteiger partial charge >= 0.3 is 0 Å². The van der Waals surface area contributed by atoms with Crippen LogP contribution in [-0.4, -0.2) is 135 Å². The monoisotopic (exact) mass is 1540 g/mol. The van der Waals surface area contributed by atoms with E-state index in [0.29, 0.717) is 33.0 Å². The van der Waals surface area contributed by atoms with Gasteiger partial charge in [0.05, 0.1) is 70.7 Å². The molecule has 3 saturated heterocycles. The van der Waals surface area contributed by atoms with Crippen LogP contribution in [0.15, 0.2) is 5.11 Å². The van der Waals surface area contributed by atoms with Gasteiger partial charge in [-0.1, -0.05) is 39.7 Å². The standard InChI is InChI=1S/C29H53N3O12.4Ac/c1-15-17(3)28(44-26-22(14-34)41-27(36)19(5)23(26)35)40-20(6)24(15)43-29-18(4)16(2)25(21(13-33)42-29)39-12-11-38-10-9-37-8-7-31-32-30;;;;/h15-29,33-36H,7-14H2,1-6H3;;;;/t15-,16-,17-,18-,19-,20-,21-,22-,23-,24+,25+,26-,27?,28+,29-;;;;/m1..../s1. The molecule has 0 spiro atoms. The molecule has 0 bridgehead atoms. The predicted molar refractivity (Wildman–Crippen MR) is 155 cm³/mol. The number of hydrogen-bond donors (Lipinski definition) is 4. The van der Waals surface area contributed by atoms with Gasteiger partial charge in [-0.25, -0.2) is 0 Å². The summed E-state index contributed by atoms with van der Waals surface area (Å²) in [6.07, 6.45) is -6.97. The van der Waals surface area contributed by atoms with Crippen LogP contribution in [0.2, 0.25) is 0 Å². The number of ether oxygens (including phenoxy) is 8. The maximum atomic E-state index is 10.8. The fourth-order valence-electron chi connectivity index (χ4n) is 6.01. The van der Waals surface area contributed by atoms with Crippen molar-refractivity contribution in [3.8, 4) is 0 Å². The van der Waals surface area contributed by atoms with Crippen molar-refractivity contribution in [2.24, 2.45) is 34.7 Å². The molecule has 3 aliphatic rings. The second-order valence-electron chi connectivity index (χ2n) is 12.2. The average molecular weight is 1540 g/mol. The molecule has 0 aliphatic carbocycles. The van der Waals surface area contributed by atoms with E-state index in [9.17, 15) is 20.4 Å². The Hall–Kier alpha value is 4.60. The van der Waals surface area contributed by atoms with E-state index in [2.05, 4.69) is 16.9 Å². The topological polar surface area (TPSA) is 204 Å². The molecule has 15 atom stereocenters. The number of azide groups is 1. The van der Waals surface area contributed by atoms with Crippen LogP contribution < -0.4 is 0 Å². The number of aliphatic hydroxyl groups excluding tert-OH is 4. The van der Waals surface area contributed by atoms with Crippen LogP contribution in [0.5, 0.6) is 0 Å². The van der Waals surface area contributed by atoms with Gasteiger partial charge in [0, 0.05) is 205 Å². The van der Waals surface area contributed by atoms with E-state index in [1.54, 1.807) is 6.92 Å². The smallest absolute Gasteiger partial charge is 0.161 e. The number of rotatable bonds is 16. The molecule has 0 aromatic heterocycles. The van der Waals surface area contributed by atoms with Crippen LogP contribution in [0.3, 0.4) is 0 Å². The van der Waals surface area contributed by atoms with Gasteiger partial charge in [0.25, 0.3) is 0 Å². The molecule has 3 heterocycles. The minimum Gasteiger partial charge on any atom is -0.394 e. The van der Waals surface area contributed by atoms with E-state index in [-0.39, 0.29) is 225 Å². The van der Waals surface area contributed by atoms with Crippen molar-refractivity contribution in [3.63, 3.8) is 0 Å². The molecule has 19 heteroatoms. The quantitative estimate of drug-likeness (QED) is 0.0746. The maximum absolute atomic E-state index is 10.8. The Morgan fingerprint density at radius 3 is 1.71 bits per heavy atom. The van der Waals surface area contributed by atoms with Gasteiger partial charge in [0.2, 0.25) is 0 Å². The first-order chi connectivity index (χ1) is 21.0. The van der Waals surface area contributed by atoms with Crippen molar-refractivity contribution in [2.45, 2.75) is 103 Å². The second-order valence-corrected chi connectivity index (χ2v) is 12.2. The molecule has 268 valence electrons. The summed E-state index contributed by atoms with van der Waals surface area (Å²) >= 11 is 0. The normalized spacial score (nSPS) is 39.4. The van der Waals surface area contributed by atoms with Gasteiger partial charge in [0.15, 0.2) is 18.9 Å². The van der Waals surface area contributed by atoms with Crippen molar-refractivity contribution in [3.05, 3.63) is 10.4 Å². The zero-order valence-electron chi connectivity index (χ0n) is 29.0. The van der Waals surface area contributed by atoms with Crippen LogP contribution in [0.25, 0.3) is 10.4 Å². The molecule has 3 rings (SSSR count). The number of nitrogens with zero attached hydrogens (tertiary/aromatic N) is 3. The average Bonchev–Trinajstić information content (AvgIpc) is 3.01. The summed E-state index contributed by atoms with van der Waals surface area (Å²) in [4.78, 5) is 2.67. The van der Waals surface area contributed by atoms with E-state index in [1.807, 2.05) is 27.7 Å². The minimum absolute atomic E-state index is 0. The molecule has 0 aromatic rings. The molecular formula is C29H53Ac4N3O12. The molecule has 4 radical (unpaired) electrons. The largest absolute Gasteiger partial charge is 0.394 e. The summed E-state index contributed by atoms with van der Waals surface area (Å²) in [5, 5.41) is 44.1. The predicted octanol–water partition coefficient (Wildman–Crippen LogP) is 1.20. The molecular weight excluding hydrogens is 1490 g/mol. The zero-order chi connectivity index (χ0) is 32.4. The van der Waals surface area contributed by atoms with Crippen molar-refractivity contribution in [1.29, 1.82) is 0 Å². The fourth-order valence-corrected chi connectivity index (χ4v) is 6.01. The van der Waals surface area contributed by atoms with Crippen LogP contribution in [-0.2, 0) is 37.9 Å². The Labute approximate surface area is 427 Å². The van der Waals surface area contributed by atoms with Crippen molar-refractivity contribution in [1.82, 2.24) is 0 Å². The van der Waals surface area contributed by atoms with Crippen LogP contribution in [0.4, 0.5) is 0 Å². The Morgan fingerprint density at radius 2 is 1.12 bits per heavy atom. The summed E-state index contributed by atoms with van der Waals surface area (Å²) in [6.45, 7) is 13.1. The van der Waals surface area contributed by atoms with Gasteiger partial charge in [0.1, 0.15) is 18.3 Å². The molecule has 1 unspecified atom stereocenters. The molecule has 0 saturated carbocycles. The van der Waals surface area contributed by atoms with E-state index in [0.717, 1.165) is 0 Å². The van der Waals surface area contributed by atoms with E-state index < -0.39 is 61.9 Å². The Kier molecular flexibility index (Phi) is 32.9. The van der Waals surface area contributed by atoms with Crippen LogP contribution in [0.1, 0.15) is 41.5 Å². The van der Waals surface area contributed by atoms with Gasteiger partial charge in [-0.05, 0) is 24.3 Å². The third-order valence-electron chi connectivity index (χ3n) is 9.30. The van der Waals surface area contributed by atoms with Gasteiger partial charge in [-0.2, -0.15) is 0 Å². The Morgan fingerprint density at radius 1 is 0.625 bits per heavy atom. The first kappa shape index (κ1) is 54.7. The number of hydrogen-bond acceptors (Lipinski definition) is 13. The van der Waals surface area contributed by atoms with Gasteiger partial charge in [-0.15, -0.1) is 0 Å². The molecule has 0 amide bonds. The Bertz CT molecular complexity index is 900. The SMILES string of the molecule is C[C@@H]1[C@@H](C)[C@H](O[C@H]2[C@H](O)[C@@H](C)C(O)O[C@@H]2CO)O[C@H](C)[C@H]1O[C@H]1O[C@H](CO)[C@@H](OCCOCCOCCN=[N+]=[N-])[C@H](C)[C@H]1C.[Ac].[Ac].[Ac].[Ac]. The minimum atomic E-state index is -1.20. The third kappa shape index (κ3) is 15.9. The van der Waals surface area contributed by atoms with Crippen molar-refractivity contribution in [2.75, 3.05) is 52.8 Å². The fraction of sp³-hybridized carbons (Fsp3) is 1.00. The summed E-state index contributed by atoms with van der Waals surface area (Å²) < 4.78 is 47.6. The molecule has 3 aliphatic heterocycles. The molecule has 0 aromatic carbocycles. The second kappa shape index (κ2) is 28.9.